The van der Waals surface area contributed by atoms with Crippen LogP contribution in [-0.2, 0) is 12.3 Å². The zero-order chi connectivity index (χ0) is 13.8. The Kier molecular flexibility index (Phi) is 5.28. The molecule has 0 saturated carbocycles. The minimum Gasteiger partial charge on any atom is -0.326 e. The molecule has 1 nitrogen and oxygen atoms in total. The van der Waals surface area contributed by atoms with E-state index >= 15 is 0 Å². The standard InChI is InChI=1S/C14H12BrClFNS/c15-13-10(7-18)3-6-12(14(13)17)19-8-9-1-4-11(16)5-2-9/h1-6H,7-8,18H2. The third-order valence-electron chi connectivity index (χ3n) is 2.65. The molecule has 0 bridgehead atoms. The van der Waals surface area contributed by atoms with E-state index in [-0.39, 0.29) is 5.82 Å². The van der Waals surface area contributed by atoms with E-state index in [9.17, 15) is 4.39 Å². The number of nitrogens with two attached hydrogens (primary N) is 1. The van der Waals surface area contributed by atoms with Gasteiger partial charge in [-0.05, 0) is 45.3 Å². The van der Waals surface area contributed by atoms with Crippen molar-refractivity contribution in [1.29, 1.82) is 0 Å². The Bertz CT molecular complexity index is 574. The Morgan fingerprint density at radius 3 is 2.47 bits per heavy atom. The van der Waals surface area contributed by atoms with Gasteiger partial charge in [-0.25, -0.2) is 4.39 Å². The average Bonchev–Trinajstić information content (AvgIpc) is 2.42. The molecule has 0 aliphatic carbocycles. The maximum atomic E-state index is 14.1. The van der Waals surface area contributed by atoms with E-state index in [1.807, 2.05) is 30.3 Å². The fourth-order valence-electron chi connectivity index (χ4n) is 1.58. The number of hydrogen-bond acceptors (Lipinski definition) is 2. The third-order valence-corrected chi connectivity index (χ3v) is 4.87. The molecular formula is C14H12BrClFNS. The maximum Gasteiger partial charge on any atom is 0.151 e. The lowest BCUT2D eigenvalue weighted by atomic mass is 10.2. The Morgan fingerprint density at radius 1 is 1.16 bits per heavy atom. The van der Waals surface area contributed by atoms with E-state index in [2.05, 4.69) is 15.9 Å². The Labute approximate surface area is 129 Å². The molecule has 0 aliphatic rings. The lowest BCUT2D eigenvalue weighted by Crippen LogP contribution is -1.99. The van der Waals surface area contributed by atoms with Gasteiger partial charge in [0.15, 0.2) is 5.82 Å². The molecule has 100 valence electrons. The van der Waals surface area contributed by atoms with Crippen molar-refractivity contribution in [2.24, 2.45) is 5.73 Å². The highest BCUT2D eigenvalue weighted by Gasteiger charge is 2.10. The van der Waals surface area contributed by atoms with Crippen molar-refractivity contribution < 1.29 is 4.39 Å². The first-order chi connectivity index (χ1) is 9.11. The highest BCUT2D eigenvalue weighted by atomic mass is 79.9. The SMILES string of the molecule is NCc1ccc(SCc2ccc(Cl)cc2)c(F)c1Br. The van der Waals surface area contributed by atoms with E-state index < -0.39 is 0 Å². The molecule has 0 radical (unpaired) electrons. The molecule has 0 aromatic heterocycles. The van der Waals surface area contributed by atoms with Gasteiger partial charge in [0.05, 0.1) is 4.47 Å². The number of rotatable bonds is 4. The predicted molar refractivity (Wildman–Crippen MR) is 83.0 cm³/mol. The Balaban J connectivity index is 2.11. The molecular weight excluding hydrogens is 349 g/mol. The first-order valence-corrected chi connectivity index (χ1v) is 7.81. The number of halogens is 3. The normalized spacial score (nSPS) is 10.7. The van der Waals surface area contributed by atoms with E-state index in [1.54, 1.807) is 6.07 Å². The summed E-state index contributed by atoms with van der Waals surface area (Å²) in [6, 6.07) is 11.2. The summed E-state index contributed by atoms with van der Waals surface area (Å²) >= 11 is 10.5. The molecule has 19 heavy (non-hydrogen) atoms. The van der Waals surface area contributed by atoms with Crippen LogP contribution in [0.15, 0.2) is 45.8 Å². The van der Waals surface area contributed by atoms with E-state index in [0.29, 0.717) is 26.7 Å². The summed E-state index contributed by atoms with van der Waals surface area (Å²) in [5, 5.41) is 0.704. The number of benzene rings is 2. The molecule has 5 heteroatoms. The predicted octanol–water partition coefficient (Wildman–Crippen LogP) is 4.99. The zero-order valence-electron chi connectivity index (χ0n) is 10.00. The van der Waals surface area contributed by atoms with Crippen molar-refractivity contribution in [1.82, 2.24) is 0 Å². The van der Waals surface area contributed by atoms with Crippen LogP contribution < -0.4 is 5.73 Å². The molecule has 2 N–H and O–H groups in total. The van der Waals surface area contributed by atoms with Gasteiger partial charge in [-0.15, -0.1) is 11.8 Å². The van der Waals surface area contributed by atoms with E-state index in [1.165, 1.54) is 11.8 Å². The summed E-state index contributed by atoms with van der Waals surface area (Å²) in [5.74, 6) is 0.449. The lowest BCUT2D eigenvalue weighted by Gasteiger charge is -2.08. The van der Waals surface area contributed by atoms with Crippen LogP contribution in [0.3, 0.4) is 0 Å². The second-order valence-electron chi connectivity index (χ2n) is 3.97. The van der Waals surface area contributed by atoms with Gasteiger partial charge in [0.25, 0.3) is 0 Å². The third kappa shape index (κ3) is 3.72. The van der Waals surface area contributed by atoms with Crippen LogP contribution >= 0.6 is 39.3 Å². The molecule has 0 unspecified atom stereocenters. The highest BCUT2D eigenvalue weighted by molar-refractivity contribution is 9.10. The summed E-state index contributed by atoms with van der Waals surface area (Å²) in [4.78, 5) is 0.610. The van der Waals surface area contributed by atoms with Crippen LogP contribution in [0.4, 0.5) is 4.39 Å². The molecule has 0 amide bonds. The van der Waals surface area contributed by atoms with Gasteiger partial charge in [0.2, 0.25) is 0 Å². The quantitative estimate of drug-likeness (QED) is 0.777. The Morgan fingerprint density at radius 2 is 1.84 bits per heavy atom. The monoisotopic (exact) mass is 359 g/mol. The number of thioether (sulfide) groups is 1. The summed E-state index contributed by atoms with van der Waals surface area (Å²) < 4.78 is 14.5. The van der Waals surface area contributed by atoms with Crippen molar-refractivity contribution in [3.63, 3.8) is 0 Å². The molecule has 0 heterocycles. The first kappa shape index (κ1) is 14.9. The average molecular weight is 361 g/mol. The van der Waals surface area contributed by atoms with Crippen LogP contribution in [0, 0.1) is 5.82 Å². The second-order valence-corrected chi connectivity index (χ2v) is 6.22. The van der Waals surface area contributed by atoms with Crippen molar-refractivity contribution in [3.8, 4) is 0 Å². The van der Waals surface area contributed by atoms with Crippen LogP contribution in [0.25, 0.3) is 0 Å². The van der Waals surface area contributed by atoms with Gasteiger partial charge in [0.1, 0.15) is 0 Å². The summed E-state index contributed by atoms with van der Waals surface area (Å²) in [6.45, 7) is 0.319. The Hall–Kier alpha value is -0.550. The fraction of sp³-hybridized carbons (Fsp3) is 0.143. The zero-order valence-corrected chi connectivity index (χ0v) is 13.2. The minimum absolute atomic E-state index is 0.248. The van der Waals surface area contributed by atoms with Crippen LogP contribution in [0.2, 0.25) is 5.02 Å². The first-order valence-electron chi connectivity index (χ1n) is 5.66. The molecule has 2 aromatic carbocycles. The van der Waals surface area contributed by atoms with Gasteiger partial charge < -0.3 is 5.73 Å². The van der Waals surface area contributed by atoms with Gasteiger partial charge in [-0.2, -0.15) is 0 Å². The van der Waals surface area contributed by atoms with Crippen molar-refractivity contribution >= 4 is 39.3 Å². The highest BCUT2D eigenvalue weighted by Crippen LogP contribution is 2.32. The van der Waals surface area contributed by atoms with E-state index in [4.69, 9.17) is 17.3 Å². The second kappa shape index (κ2) is 6.75. The van der Waals surface area contributed by atoms with E-state index in [0.717, 1.165) is 11.1 Å². The summed E-state index contributed by atoms with van der Waals surface area (Å²) in [7, 11) is 0. The maximum absolute atomic E-state index is 14.1. The minimum atomic E-state index is -0.248. The van der Waals surface area contributed by atoms with Gasteiger partial charge in [-0.1, -0.05) is 29.8 Å². The lowest BCUT2D eigenvalue weighted by molar-refractivity contribution is 0.592. The molecule has 0 atom stereocenters. The van der Waals surface area contributed by atoms with Gasteiger partial charge in [0, 0.05) is 22.2 Å². The van der Waals surface area contributed by atoms with Gasteiger partial charge in [-0.3, -0.25) is 0 Å². The molecule has 0 spiro atoms. The van der Waals surface area contributed by atoms with Crippen molar-refractivity contribution in [2.75, 3.05) is 0 Å². The smallest absolute Gasteiger partial charge is 0.151 e. The molecule has 0 saturated heterocycles. The fourth-order valence-corrected chi connectivity index (χ4v) is 3.26. The van der Waals surface area contributed by atoms with Gasteiger partial charge >= 0.3 is 0 Å². The summed E-state index contributed by atoms with van der Waals surface area (Å²) in [6.07, 6.45) is 0. The van der Waals surface area contributed by atoms with Crippen molar-refractivity contribution in [3.05, 3.63) is 62.8 Å². The van der Waals surface area contributed by atoms with Crippen LogP contribution in [0.5, 0.6) is 0 Å². The molecule has 0 fully saturated rings. The largest absolute Gasteiger partial charge is 0.326 e. The molecule has 2 aromatic rings. The molecule has 2 rings (SSSR count). The van der Waals surface area contributed by atoms with Crippen LogP contribution in [-0.4, -0.2) is 0 Å². The van der Waals surface area contributed by atoms with Crippen molar-refractivity contribution in [2.45, 2.75) is 17.2 Å². The summed E-state index contributed by atoms with van der Waals surface area (Å²) in [5.41, 5.74) is 7.41. The topological polar surface area (TPSA) is 26.0 Å². The molecule has 0 aliphatic heterocycles. The number of hydrogen-bond donors (Lipinski definition) is 1. The van der Waals surface area contributed by atoms with Crippen LogP contribution in [0.1, 0.15) is 11.1 Å².